The van der Waals surface area contributed by atoms with E-state index in [0.29, 0.717) is 12.0 Å². The van der Waals surface area contributed by atoms with Crippen molar-refractivity contribution >= 4 is 21.7 Å². The largest absolute Gasteiger partial charge is 0.370 e. The quantitative estimate of drug-likeness (QED) is 0.625. The average Bonchev–Trinajstić information content (AvgIpc) is 2.33. The number of aryl methyl sites for hydroxylation is 1. The topological polar surface area (TPSA) is 116 Å². The van der Waals surface area contributed by atoms with E-state index in [9.17, 15) is 13.2 Å². The lowest BCUT2D eigenvalue weighted by atomic mass is 10.0. The van der Waals surface area contributed by atoms with Gasteiger partial charge in [0.1, 0.15) is 0 Å². The van der Waals surface area contributed by atoms with E-state index in [1.807, 2.05) is 6.92 Å². The lowest BCUT2D eigenvalue weighted by molar-refractivity contribution is 0.100. The van der Waals surface area contributed by atoms with Crippen LogP contribution in [-0.4, -0.2) is 26.5 Å². The SMILES string of the molecule is CCCCc1ccc(C(=O)N=C(N)N)c(C)c1S(C)(=O)=O. The van der Waals surface area contributed by atoms with Crippen LogP contribution in [-0.2, 0) is 16.3 Å². The average molecular weight is 311 g/mol. The monoisotopic (exact) mass is 311 g/mol. The van der Waals surface area contributed by atoms with Crippen LogP contribution >= 0.6 is 0 Å². The molecule has 1 amide bonds. The number of nitrogens with zero attached hydrogens (tertiary/aromatic N) is 1. The molecule has 1 aromatic carbocycles. The van der Waals surface area contributed by atoms with Gasteiger partial charge < -0.3 is 11.5 Å². The summed E-state index contributed by atoms with van der Waals surface area (Å²) in [5, 5.41) is 0. The van der Waals surface area contributed by atoms with Gasteiger partial charge in [0.25, 0.3) is 5.91 Å². The minimum Gasteiger partial charge on any atom is -0.370 e. The maximum absolute atomic E-state index is 12.0. The zero-order chi connectivity index (χ0) is 16.2. The standard InChI is InChI=1S/C14H21N3O3S/c1-4-5-6-10-7-8-11(13(18)17-14(15)16)9(2)12(10)21(3,19)20/h7-8H,4-6H2,1-3H3,(H4,15,16,17,18). The van der Waals surface area contributed by atoms with Gasteiger partial charge in [-0.15, -0.1) is 0 Å². The third-order valence-corrected chi connectivity index (χ3v) is 4.43. The molecule has 0 aromatic heterocycles. The Morgan fingerprint density at radius 1 is 1.29 bits per heavy atom. The predicted molar refractivity (Wildman–Crippen MR) is 83.0 cm³/mol. The zero-order valence-electron chi connectivity index (χ0n) is 12.5. The number of aliphatic imine (C=N–C) groups is 1. The van der Waals surface area contributed by atoms with Crippen LogP contribution in [0, 0.1) is 6.92 Å². The summed E-state index contributed by atoms with van der Waals surface area (Å²) in [6.07, 6.45) is 3.62. The molecule has 116 valence electrons. The molecule has 1 rings (SSSR count). The maximum atomic E-state index is 12.0. The van der Waals surface area contributed by atoms with Crippen molar-refractivity contribution in [3.63, 3.8) is 0 Å². The van der Waals surface area contributed by atoms with Gasteiger partial charge in [-0.05, 0) is 37.0 Å². The third-order valence-electron chi connectivity index (χ3n) is 3.12. The number of guanidine groups is 1. The number of benzene rings is 1. The summed E-state index contributed by atoms with van der Waals surface area (Å²) in [7, 11) is -3.44. The van der Waals surface area contributed by atoms with Gasteiger partial charge in [0.05, 0.1) is 4.90 Å². The predicted octanol–water partition coefficient (Wildman–Crippen LogP) is 1.15. The fourth-order valence-corrected chi connectivity index (χ4v) is 3.55. The lowest BCUT2D eigenvalue weighted by Crippen LogP contribution is -2.24. The van der Waals surface area contributed by atoms with Gasteiger partial charge >= 0.3 is 0 Å². The Kier molecular flexibility index (Phi) is 5.48. The van der Waals surface area contributed by atoms with E-state index in [0.717, 1.165) is 24.7 Å². The summed E-state index contributed by atoms with van der Waals surface area (Å²) in [5.41, 5.74) is 11.7. The Bertz CT molecular complexity index is 675. The number of carbonyl (C=O) groups is 1. The lowest BCUT2D eigenvalue weighted by Gasteiger charge is -2.13. The molecule has 0 heterocycles. The molecule has 0 saturated carbocycles. The third kappa shape index (κ3) is 4.29. The maximum Gasteiger partial charge on any atom is 0.280 e. The van der Waals surface area contributed by atoms with E-state index in [1.165, 1.54) is 0 Å². The van der Waals surface area contributed by atoms with Gasteiger partial charge in [-0.2, -0.15) is 4.99 Å². The number of carbonyl (C=O) groups excluding carboxylic acids is 1. The van der Waals surface area contributed by atoms with Gasteiger partial charge in [-0.3, -0.25) is 4.79 Å². The highest BCUT2D eigenvalue weighted by molar-refractivity contribution is 7.90. The molecule has 0 aliphatic heterocycles. The minimum absolute atomic E-state index is 0.198. The van der Waals surface area contributed by atoms with Gasteiger partial charge in [0, 0.05) is 11.8 Å². The first-order valence-corrected chi connectivity index (χ1v) is 8.54. The number of rotatable bonds is 5. The molecular weight excluding hydrogens is 290 g/mol. The zero-order valence-corrected chi connectivity index (χ0v) is 13.3. The van der Waals surface area contributed by atoms with Crippen molar-refractivity contribution in [1.82, 2.24) is 0 Å². The highest BCUT2D eigenvalue weighted by Crippen LogP contribution is 2.25. The Hall–Kier alpha value is -1.89. The Labute approximate surface area is 125 Å². The molecule has 0 radical (unpaired) electrons. The first kappa shape index (κ1) is 17.2. The molecule has 0 unspecified atom stereocenters. The summed E-state index contributed by atoms with van der Waals surface area (Å²) >= 11 is 0. The first-order valence-electron chi connectivity index (χ1n) is 6.65. The van der Waals surface area contributed by atoms with Crippen LogP contribution < -0.4 is 11.5 Å². The van der Waals surface area contributed by atoms with Crippen LogP contribution in [0.1, 0.15) is 41.3 Å². The molecular formula is C14H21N3O3S. The van der Waals surface area contributed by atoms with Gasteiger partial charge in [-0.25, -0.2) is 8.42 Å². The normalized spacial score (nSPS) is 11.2. The van der Waals surface area contributed by atoms with E-state index in [1.54, 1.807) is 19.1 Å². The molecule has 0 atom stereocenters. The van der Waals surface area contributed by atoms with Crippen LogP contribution in [0.2, 0.25) is 0 Å². The van der Waals surface area contributed by atoms with Gasteiger partial charge in [-0.1, -0.05) is 19.4 Å². The molecule has 0 spiro atoms. The molecule has 4 N–H and O–H groups in total. The molecule has 0 saturated heterocycles. The second-order valence-electron chi connectivity index (χ2n) is 4.94. The number of amides is 1. The van der Waals surface area contributed by atoms with Crippen molar-refractivity contribution in [3.8, 4) is 0 Å². The van der Waals surface area contributed by atoms with Crippen molar-refractivity contribution < 1.29 is 13.2 Å². The highest BCUT2D eigenvalue weighted by Gasteiger charge is 2.21. The Morgan fingerprint density at radius 2 is 1.90 bits per heavy atom. The second-order valence-corrected chi connectivity index (χ2v) is 6.90. The van der Waals surface area contributed by atoms with Crippen molar-refractivity contribution in [2.24, 2.45) is 16.5 Å². The first-order chi connectivity index (χ1) is 9.68. The molecule has 0 aliphatic carbocycles. The van der Waals surface area contributed by atoms with E-state index < -0.39 is 15.7 Å². The molecule has 1 aromatic rings. The van der Waals surface area contributed by atoms with Crippen LogP contribution in [0.3, 0.4) is 0 Å². The van der Waals surface area contributed by atoms with Crippen molar-refractivity contribution in [1.29, 1.82) is 0 Å². The summed E-state index contributed by atoms with van der Waals surface area (Å²) in [5.74, 6) is -0.991. The summed E-state index contributed by atoms with van der Waals surface area (Å²) in [4.78, 5) is 15.6. The van der Waals surface area contributed by atoms with E-state index in [4.69, 9.17) is 11.5 Å². The number of nitrogens with two attached hydrogens (primary N) is 2. The van der Waals surface area contributed by atoms with Crippen LogP contribution in [0.25, 0.3) is 0 Å². The van der Waals surface area contributed by atoms with Crippen molar-refractivity contribution in [3.05, 3.63) is 28.8 Å². The number of unbranched alkanes of at least 4 members (excludes halogenated alkanes) is 1. The van der Waals surface area contributed by atoms with E-state index in [2.05, 4.69) is 4.99 Å². The Morgan fingerprint density at radius 3 is 2.38 bits per heavy atom. The van der Waals surface area contributed by atoms with Gasteiger partial charge in [0.15, 0.2) is 15.8 Å². The second kappa shape index (κ2) is 6.71. The number of hydrogen-bond acceptors (Lipinski definition) is 3. The van der Waals surface area contributed by atoms with Crippen LogP contribution in [0.15, 0.2) is 22.0 Å². The molecule has 7 heteroatoms. The van der Waals surface area contributed by atoms with E-state index in [-0.39, 0.29) is 16.4 Å². The van der Waals surface area contributed by atoms with Crippen molar-refractivity contribution in [2.75, 3.05) is 6.26 Å². The summed E-state index contributed by atoms with van der Waals surface area (Å²) in [6.45, 7) is 3.63. The molecule has 0 bridgehead atoms. The molecule has 0 fully saturated rings. The molecule has 0 aliphatic rings. The highest BCUT2D eigenvalue weighted by atomic mass is 32.2. The molecule has 21 heavy (non-hydrogen) atoms. The minimum atomic E-state index is -3.44. The fraction of sp³-hybridized carbons (Fsp3) is 0.429. The van der Waals surface area contributed by atoms with Crippen LogP contribution in [0.5, 0.6) is 0 Å². The van der Waals surface area contributed by atoms with E-state index >= 15 is 0 Å². The summed E-state index contributed by atoms with van der Waals surface area (Å²) < 4.78 is 24.1. The smallest absolute Gasteiger partial charge is 0.280 e. The molecule has 6 nitrogen and oxygen atoms in total. The summed E-state index contributed by atoms with van der Waals surface area (Å²) in [6, 6.07) is 3.23. The fourth-order valence-electron chi connectivity index (χ4n) is 2.24. The number of hydrogen-bond donors (Lipinski definition) is 2. The Balaban J connectivity index is 3.48. The van der Waals surface area contributed by atoms with Crippen LogP contribution in [0.4, 0.5) is 0 Å². The number of sulfone groups is 1. The van der Waals surface area contributed by atoms with Gasteiger partial charge in [0.2, 0.25) is 0 Å². The van der Waals surface area contributed by atoms with Crippen molar-refractivity contribution in [2.45, 2.75) is 38.0 Å².